The van der Waals surface area contributed by atoms with E-state index >= 15 is 0 Å². The number of aromatic nitrogens is 2. The van der Waals surface area contributed by atoms with Gasteiger partial charge in [0, 0.05) is 5.56 Å². The van der Waals surface area contributed by atoms with Crippen molar-refractivity contribution in [1.82, 2.24) is 10.2 Å². The molecule has 0 saturated carbocycles. The lowest BCUT2D eigenvalue weighted by molar-refractivity contribution is 1.03. The van der Waals surface area contributed by atoms with Crippen molar-refractivity contribution in [3.63, 3.8) is 0 Å². The second kappa shape index (κ2) is 7.00. The highest BCUT2D eigenvalue weighted by Crippen LogP contribution is 2.15. The summed E-state index contributed by atoms with van der Waals surface area (Å²) in [6, 6.07) is 13.5. The van der Waals surface area contributed by atoms with Crippen molar-refractivity contribution in [1.29, 1.82) is 0 Å². The first kappa shape index (κ1) is 14.6. The van der Waals surface area contributed by atoms with Crippen LogP contribution in [0.3, 0.4) is 0 Å². The van der Waals surface area contributed by atoms with Gasteiger partial charge in [0.15, 0.2) is 5.82 Å². The minimum absolute atomic E-state index is 0. The molecular weight excluding hydrogens is 247 g/mol. The maximum Gasteiger partial charge on any atom is 0.162 e. The lowest BCUT2D eigenvalue weighted by Gasteiger charge is -2.00. The van der Waals surface area contributed by atoms with Crippen LogP contribution in [0.2, 0.25) is 0 Å². The van der Waals surface area contributed by atoms with Crippen molar-refractivity contribution in [2.45, 2.75) is 0 Å². The Hall–Kier alpha value is -1.36. The molecule has 2 rings (SSSR count). The van der Waals surface area contributed by atoms with Crippen molar-refractivity contribution >= 4 is 30.6 Å². The van der Waals surface area contributed by atoms with Gasteiger partial charge >= 0.3 is 0 Å². The van der Waals surface area contributed by atoms with E-state index < -0.39 is 0 Å². The van der Waals surface area contributed by atoms with Crippen molar-refractivity contribution in [3.05, 3.63) is 42.5 Å². The number of nitrogens with zero attached hydrogens (tertiary/aromatic N) is 2. The van der Waals surface area contributed by atoms with Gasteiger partial charge in [0.25, 0.3) is 0 Å². The van der Waals surface area contributed by atoms with Crippen LogP contribution >= 0.6 is 24.8 Å². The first-order valence-corrected chi connectivity index (χ1v) is 4.26. The maximum absolute atomic E-state index is 5.19. The molecule has 0 aliphatic carbocycles. The smallest absolute Gasteiger partial charge is 0.162 e. The first-order chi connectivity index (χ1) is 6.90. The normalized spacial score (nSPS) is 8.56. The Morgan fingerprint density at radius 2 is 1.56 bits per heavy atom. The molecule has 1 aromatic carbocycles. The molecule has 0 atom stereocenters. The number of rotatable bonds is 2. The number of hydrazine groups is 1. The summed E-state index contributed by atoms with van der Waals surface area (Å²) in [6.45, 7) is 0. The zero-order chi connectivity index (χ0) is 9.80. The van der Waals surface area contributed by atoms with Gasteiger partial charge < -0.3 is 5.43 Å². The van der Waals surface area contributed by atoms with Crippen LogP contribution in [0, 0.1) is 0 Å². The SMILES string of the molecule is Cl.Cl.NNc1ccc(-c2ccccc2)nn1. The summed E-state index contributed by atoms with van der Waals surface area (Å²) in [5.74, 6) is 5.75. The van der Waals surface area contributed by atoms with Gasteiger partial charge in [-0.15, -0.1) is 35.0 Å². The van der Waals surface area contributed by atoms with Crippen LogP contribution < -0.4 is 11.3 Å². The van der Waals surface area contributed by atoms with E-state index in [1.807, 2.05) is 36.4 Å². The van der Waals surface area contributed by atoms with Gasteiger partial charge in [0.2, 0.25) is 0 Å². The molecule has 1 heterocycles. The molecule has 0 radical (unpaired) electrons. The molecule has 3 N–H and O–H groups in total. The van der Waals surface area contributed by atoms with Crippen LogP contribution in [0.4, 0.5) is 5.82 Å². The predicted molar refractivity (Wildman–Crippen MR) is 69.8 cm³/mol. The monoisotopic (exact) mass is 258 g/mol. The average Bonchev–Trinajstić information content (AvgIpc) is 2.30. The van der Waals surface area contributed by atoms with E-state index in [0.29, 0.717) is 5.82 Å². The number of hydrogen-bond acceptors (Lipinski definition) is 4. The Bertz CT molecular complexity index is 405. The van der Waals surface area contributed by atoms with Crippen molar-refractivity contribution < 1.29 is 0 Å². The van der Waals surface area contributed by atoms with Crippen LogP contribution in [0.1, 0.15) is 0 Å². The standard InChI is InChI=1S/C10H10N4.2ClH/c11-12-10-7-6-9(13-14-10)8-4-2-1-3-5-8;;/h1-7H,11H2,(H,12,14);2*1H. The van der Waals surface area contributed by atoms with E-state index in [9.17, 15) is 0 Å². The molecule has 0 unspecified atom stereocenters. The van der Waals surface area contributed by atoms with Gasteiger partial charge in [-0.2, -0.15) is 0 Å². The summed E-state index contributed by atoms with van der Waals surface area (Å²) >= 11 is 0. The Morgan fingerprint density at radius 1 is 0.875 bits per heavy atom. The highest BCUT2D eigenvalue weighted by Gasteiger charge is 1.98. The fourth-order valence-electron chi connectivity index (χ4n) is 1.17. The van der Waals surface area contributed by atoms with E-state index in [0.717, 1.165) is 11.3 Å². The molecule has 0 fully saturated rings. The van der Waals surface area contributed by atoms with Crippen LogP contribution in [-0.4, -0.2) is 10.2 Å². The molecule has 0 amide bonds. The van der Waals surface area contributed by atoms with Gasteiger partial charge in [-0.1, -0.05) is 30.3 Å². The highest BCUT2D eigenvalue weighted by atomic mass is 35.5. The fraction of sp³-hybridized carbons (Fsp3) is 0. The van der Waals surface area contributed by atoms with Gasteiger partial charge in [0.1, 0.15) is 0 Å². The predicted octanol–water partition coefficient (Wildman–Crippen LogP) is 2.27. The molecule has 1 aromatic heterocycles. The summed E-state index contributed by atoms with van der Waals surface area (Å²) in [5, 5.41) is 7.91. The molecular formula is C10H12Cl2N4. The van der Waals surface area contributed by atoms with Gasteiger partial charge in [0.05, 0.1) is 5.69 Å². The Balaban J connectivity index is 0.00000112. The number of nitrogens with two attached hydrogens (primary N) is 1. The van der Waals surface area contributed by atoms with E-state index in [2.05, 4.69) is 15.6 Å². The summed E-state index contributed by atoms with van der Waals surface area (Å²) < 4.78 is 0. The molecule has 0 aliphatic rings. The van der Waals surface area contributed by atoms with Crippen molar-refractivity contribution in [2.75, 3.05) is 5.43 Å². The zero-order valence-corrected chi connectivity index (χ0v) is 9.96. The molecule has 86 valence electrons. The third-order valence-corrected chi connectivity index (χ3v) is 1.88. The Morgan fingerprint density at radius 3 is 2.06 bits per heavy atom. The molecule has 4 nitrogen and oxygen atoms in total. The van der Waals surface area contributed by atoms with E-state index in [1.165, 1.54) is 0 Å². The lowest BCUT2D eigenvalue weighted by atomic mass is 10.1. The van der Waals surface area contributed by atoms with Crippen LogP contribution in [0.5, 0.6) is 0 Å². The number of benzene rings is 1. The van der Waals surface area contributed by atoms with Gasteiger partial charge in [-0.05, 0) is 12.1 Å². The van der Waals surface area contributed by atoms with Crippen LogP contribution in [0.25, 0.3) is 11.3 Å². The second-order valence-electron chi connectivity index (χ2n) is 2.81. The van der Waals surface area contributed by atoms with Crippen molar-refractivity contribution in [3.8, 4) is 11.3 Å². The Labute approximate surface area is 106 Å². The average molecular weight is 259 g/mol. The second-order valence-corrected chi connectivity index (χ2v) is 2.81. The van der Waals surface area contributed by atoms with E-state index in [1.54, 1.807) is 6.07 Å². The number of nitrogens with one attached hydrogen (secondary N) is 1. The largest absolute Gasteiger partial charge is 0.307 e. The topological polar surface area (TPSA) is 63.8 Å². The number of halogens is 2. The van der Waals surface area contributed by atoms with Gasteiger partial charge in [-0.25, -0.2) is 5.84 Å². The molecule has 2 aromatic rings. The highest BCUT2D eigenvalue weighted by molar-refractivity contribution is 5.85. The molecule has 0 spiro atoms. The minimum Gasteiger partial charge on any atom is -0.307 e. The zero-order valence-electron chi connectivity index (χ0n) is 8.33. The maximum atomic E-state index is 5.19. The van der Waals surface area contributed by atoms with E-state index in [-0.39, 0.29) is 24.8 Å². The first-order valence-electron chi connectivity index (χ1n) is 4.26. The van der Waals surface area contributed by atoms with Crippen molar-refractivity contribution in [2.24, 2.45) is 5.84 Å². The summed E-state index contributed by atoms with van der Waals surface area (Å²) in [4.78, 5) is 0. The number of nitrogen functional groups attached to an aromatic ring is 1. The van der Waals surface area contributed by atoms with Crippen LogP contribution in [-0.2, 0) is 0 Å². The lowest BCUT2D eigenvalue weighted by Crippen LogP contribution is -2.08. The molecule has 0 bridgehead atoms. The molecule has 0 aliphatic heterocycles. The third kappa shape index (κ3) is 3.34. The quantitative estimate of drug-likeness (QED) is 0.641. The number of hydrogen-bond donors (Lipinski definition) is 2. The summed E-state index contributed by atoms with van der Waals surface area (Å²) in [7, 11) is 0. The number of anilines is 1. The summed E-state index contributed by atoms with van der Waals surface area (Å²) in [6.07, 6.45) is 0. The van der Waals surface area contributed by atoms with Gasteiger partial charge in [-0.3, -0.25) is 0 Å². The van der Waals surface area contributed by atoms with E-state index in [4.69, 9.17) is 5.84 Å². The Kier molecular flexibility index (Phi) is 6.41. The molecule has 6 heteroatoms. The van der Waals surface area contributed by atoms with Crippen LogP contribution in [0.15, 0.2) is 42.5 Å². The molecule has 16 heavy (non-hydrogen) atoms. The molecule has 0 saturated heterocycles. The minimum atomic E-state index is 0. The summed E-state index contributed by atoms with van der Waals surface area (Å²) in [5.41, 5.74) is 4.31. The third-order valence-electron chi connectivity index (χ3n) is 1.88. The fourth-order valence-corrected chi connectivity index (χ4v) is 1.17.